The van der Waals surface area contributed by atoms with Crippen LogP contribution in [0.4, 0.5) is 4.39 Å². The maximum Gasteiger partial charge on any atom is 0.302 e. The Balaban J connectivity index is 3.48. The Kier molecular flexibility index (Phi) is 2.17. The van der Waals surface area contributed by atoms with Crippen LogP contribution in [0.5, 0.6) is 0 Å². The first-order valence-corrected chi connectivity index (χ1v) is 4.18. The first-order valence-electron chi connectivity index (χ1n) is 3.06. The molecule has 62 valence electrons. The SMILES string of the molecule is Cn1c(CBr)c(F)c(=O)n1C. The van der Waals surface area contributed by atoms with E-state index in [1.165, 1.54) is 16.4 Å². The van der Waals surface area contributed by atoms with Crippen molar-refractivity contribution in [1.82, 2.24) is 9.36 Å². The van der Waals surface area contributed by atoms with Crippen LogP contribution in [0.15, 0.2) is 4.79 Å². The standard InChI is InChI=1S/C6H8BrFN2O/c1-9-4(3-7)5(8)6(11)10(9)2/h3H2,1-2H3. The summed E-state index contributed by atoms with van der Waals surface area (Å²) in [6, 6.07) is 0. The summed E-state index contributed by atoms with van der Waals surface area (Å²) in [6.45, 7) is 0. The van der Waals surface area contributed by atoms with Crippen LogP contribution in [0, 0.1) is 5.82 Å². The molecule has 0 saturated heterocycles. The normalized spacial score (nSPS) is 10.5. The molecular weight excluding hydrogens is 215 g/mol. The lowest BCUT2D eigenvalue weighted by atomic mass is 10.5. The Morgan fingerprint density at radius 3 is 2.18 bits per heavy atom. The van der Waals surface area contributed by atoms with Gasteiger partial charge in [-0.3, -0.25) is 14.2 Å². The topological polar surface area (TPSA) is 26.9 Å². The molecule has 0 aliphatic rings. The Bertz CT molecular complexity index is 328. The van der Waals surface area contributed by atoms with E-state index in [-0.39, 0.29) is 0 Å². The molecule has 0 radical (unpaired) electrons. The number of rotatable bonds is 1. The van der Waals surface area contributed by atoms with Crippen LogP contribution >= 0.6 is 15.9 Å². The van der Waals surface area contributed by atoms with E-state index in [0.717, 1.165) is 0 Å². The molecule has 0 aliphatic heterocycles. The summed E-state index contributed by atoms with van der Waals surface area (Å²) < 4.78 is 15.6. The van der Waals surface area contributed by atoms with Crippen molar-refractivity contribution in [3.05, 3.63) is 21.9 Å². The van der Waals surface area contributed by atoms with Crippen molar-refractivity contribution < 1.29 is 4.39 Å². The fourth-order valence-electron chi connectivity index (χ4n) is 0.870. The van der Waals surface area contributed by atoms with Gasteiger partial charge in [0.05, 0.1) is 5.69 Å². The Morgan fingerprint density at radius 2 is 2.00 bits per heavy atom. The van der Waals surface area contributed by atoms with Gasteiger partial charge in [-0.2, -0.15) is 4.39 Å². The summed E-state index contributed by atoms with van der Waals surface area (Å²) in [7, 11) is 3.17. The van der Waals surface area contributed by atoms with E-state index in [1.807, 2.05) is 0 Å². The largest absolute Gasteiger partial charge is 0.302 e. The minimum Gasteiger partial charge on any atom is -0.286 e. The highest BCUT2D eigenvalue weighted by Crippen LogP contribution is 2.06. The molecule has 0 fully saturated rings. The van der Waals surface area contributed by atoms with Gasteiger partial charge >= 0.3 is 5.56 Å². The molecule has 0 bridgehead atoms. The van der Waals surface area contributed by atoms with E-state index in [1.54, 1.807) is 7.05 Å². The Morgan fingerprint density at radius 1 is 1.45 bits per heavy atom. The summed E-state index contributed by atoms with van der Waals surface area (Å²) in [6.07, 6.45) is 0. The van der Waals surface area contributed by atoms with Gasteiger partial charge in [0.2, 0.25) is 5.82 Å². The van der Waals surface area contributed by atoms with Crippen LogP contribution in [0.25, 0.3) is 0 Å². The molecular formula is C6H8BrFN2O. The van der Waals surface area contributed by atoms with Gasteiger partial charge in [-0.25, -0.2) is 0 Å². The number of halogens is 2. The first kappa shape index (κ1) is 8.52. The van der Waals surface area contributed by atoms with E-state index >= 15 is 0 Å². The molecule has 0 aliphatic carbocycles. The molecule has 0 saturated carbocycles. The Labute approximate surface area is 71.5 Å². The highest BCUT2D eigenvalue weighted by Gasteiger charge is 2.13. The third-order valence-corrected chi connectivity index (χ3v) is 2.23. The summed E-state index contributed by atoms with van der Waals surface area (Å²) in [5.41, 5.74) is -0.209. The van der Waals surface area contributed by atoms with E-state index in [2.05, 4.69) is 15.9 Å². The molecule has 1 heterocycles. The third-order valence-electron chi connectivity index (χ3n) is 1.70. The Hall–Kier alpha value is -0.580. The van der Waals surface area contributed by atoms with Crippen molar-refractivity contribution in [3.63, 3.8) is 0 Å². The van der Waals surface area contributed by atoms with Crippen LogP contribution in [0.2, 0.25) is 0 Å². The van der Waals surface area contributed by atoms with Crippen molar-refractivity contribution in [2.75, 3.05) is 0 Å². The number of aromatic nitrogens is 2. The van der Waals surface area contributed by atoms with Gasteiger partial charge < -0.3 is 0 Å². The molecule has 3 nitrogen and oxygen atoms in total. The molecule has 5 heteroatoms. The van der Waals surface area contributed by atoms with Gasteiger partial charge in [0.25, 0.3) is 0 Å². The monoisotopic (exact) mass is 222 g/mol. The predicted molar refractivity (Wildman–Crippen MR) is 43.2 cm³/mol. The second kappa shape index (κ2) is 2.81. The number of nitrogens with zero attached hydrogens (tertiary/aromatic N) is 2. The van der Waals surface area contributed by atoms with E-state index < -0.39 is 11.4 Å². The summed E-state index contributed by atoms with van der Waals surface area (Å²) in [5, 5.41) is 0.353. The van der Waals surface area contributed by atoms with Gasteiger partial charge in [0, 0.05) is 19.4 Å². The number of hydrogen-bond acceptors (Lipinski definition) is 1. The second-order valence-corrected chi connectivity index (χ2v) is 2.81. The van der Waals surface area contributed by atoms with Crippen LogP contribution in [0.1, 0.15) is 5.69 Å². The predicted octanol–water partition coefficient (Wildman–Crippen LogP) is 0.758. The molecule has 0 N–H and O–H groups in total. The molecule has 0 amide bonds. The van der Waals surface area contributed by atoms with E-state index in [9.17, 15) is 9.18 Å². The zero-order valence-electron chi connectivity index (χ0n) is 6.27. The van der Waals surface area contributed by atoms with Gasteiger partial charge in [0.1, 0.15) is 0 Å². The fourth-order valence-corrected chi connectivity index (χ4v) is 1.48. The highest BCUT2D eigenvalue weighted by molar-refractivity contribution is 9.08. The van der Waals surface area contributed by atoms with Crippen molar-refractivity contribution in [1.29, 1.82) is 0 Å². The van der Waals surface area contributed by atoms with Crippen LogP contribution in [0.3, 0.4) is 0 Å². The molecule has 1 aromatic rings. The third kappa shape index (κ3) is 1.13. The van der Waals surface area contributed by atoms with E-state index in [0.29, 0.717) is 11.0 Å². The maximum absolute atomic E-state index is 12.9. The molecule has 1 rings (SSSR count). The van der Waals surface area contributed by atoms with Gasteiger partial charge in [0.15, 0.2) is 0 Å². The number of hydrogen-bond donors (Lipinski definition) is 0. The van der Waals surface area contributed by atoms with Gasteiger partial charge in [-0.05, 0) is 0 Å². The summed E-state index contributed by atoms with van der Waals surface area (Å²) in [4.78, 5) is 10.9. The number of alkyl halides is 1. The van der Waals surface area contributed by atoms with Crippen LogP contribution in [-0.4, -0.2) is 9.36 Å². The zero-order chi connectivity index (χ0) is 8.59. The van der Waals surface area contributed by atoms with Crippen LogP contribution < -0.4 is 5.56 Å². The van der Waals surface area contributed by atoms with Crippen LogP contribution in [-0.2, 0) is 19.4 Å². The second-order valence-electron chi connectivity index (χ2n) is 2.25. The molecule has 0 aromatic carbocycles. The van der Waals surface area contributed by atoms with Gasteiger partial charge in [-0.1, -0.05) is 15.9 Å². The lowest BCUT2D eigenvalue weighted by Gasteiger charge is -2.00. The lowest BCUT2D eigenvalue weighted by Crippen LogP contribution is -2.18. The average molecular weight is 223 g/mol. The minimum absolute atomic E-state index is 0.353. The lowest BCUT2D eigenvalue weighted by molar-refractivity contribution is 0.565. The van der Waals surface area contributed by atoms with Gasteiger partial charge in [-0.15, -0.1) is 0 Å². The van der Waals surface area contributed by atoms with E-state index in [4.69, 9.17) is 0 Å². The maximum atomic E-state index is 12.9. The van der Waals surface area contributed by atoms with Crippen molar-refractivity contribution >= 4 is 15.9 Å². The highest BCUT2D eigenvalue weighted by atomic mass is 79.9. The van der Waals surface area contributed by atoms with Crippen molar-refractivity contribution in [2.24, 2.45) is 14.1 Å². The first-order chi connectivity index (χ1) is 5.09. The van der Waals surface area contributed by atoms with Crippen molar-refractivity contribution in [3.8, 4) is 0 Å². The average Bonchev–Trinajstić information content (AvgIpc) is 2.17. The smallest absolute Gasteiger partial charge is 0.286 e. The summed E-state index contributed by atoms with van der Waals surface area (Å²) in [5.74, 6) is -0.674. The molecule has 1 aromatic heterocycles. The summed E-state index contributed by atoms with van der Waals surface area (Å²) >= 11 is 3.09. The molecule has 11 heavy (non-hydrogen) atoms. The zero-order valence-corrected chi connectivity index (χ0v) is 7.85. The fraction of sp³-hybridized carbons (Fsp3) is 0.500. The molecule has 0 spiro atoms. The molecule has 0 atom stereocenters. The quantitative estimate of drug-likeness (QED) is 0.645. The minimum atomic E-state index is -0.674. The molecule has 0 unspecified atom stereocenters. The van der Waals surface area contributed by atoms with Crippen molar-refractivity contribution in [2.45, 2.75) is 5.33 Å².